The van der Waals surface area contributed by atoms with Crippen LogP contribution < -0.4 is 0 Å². The average molecular weight is 274 g/mol. The fourth-order valence-electron chi connectivity index (χ4n) is 1.79. The summed E-state index contributed by atoms with van der Waals surface area (Å²) in [5, 5.41) is 13.9. The molecule has 3 aromatic rings. The first kappa shape index (κ1) is 11.7. The molecular weight excluding hydrogens is 266 g/mol. The van der Waals surface area contributed by atoms with Gasteiger partial charge in [-0.15, -0.1) is 5.10 Å². The summed E-state index contributed by atoms with van der Waals surface area (Å²) >= 11 is 5.82. The van der Waals surface area contributed by atoms with Crippen molar-refractivity contribution >= 4 is 23.2 Å². The number of aromatic carboxylic acids is 1. The molecule has 0 saturated heterocycles. The molecule has 0 amide bonds. The molecule has 94 valence electrons. The van der Waals surface area contributed by atoms with Crippen LogP contribution in [0.3, 0.4) is 0 Å². The van der Waals surface area contributed by atoms with E-state index in [1.807, 2.05) is 0 Å². The molecule has 0 saturated carbocycles. The zero-order chi connectivity index (χ0) is 13.4. The Morgan fingerprint density at radius 3 is 2.58 bits per heavy atom. The van der Waals surface area contributed by atoms with E-state index in [-0.39, 0.29) is 5.69 Å². The topological polar surface area (TPSA) is 67.5 Å². The molecule has 19 heavy (non-hydrogen) atoms. The minimum atomic E-state index is -1.04. The van der Waals surface area contributed by atoms with Crippen molar-refractivity contribution in [2.45, 2.75) is 0 Å². The molecular formula is C13H8ClN3O2. The normalized spacial score (nSPS) is 10.8. The van der Waals surface area contributed by atoms with Crippen LogP contribution in [0.25, 0.3) is 17.0 Å². The Balaban J connectivity index is 2.19. The van der Waals surface area contributed by atoms with Crippen LogP contribution in [-0.4, -0.2) is 25.7 Å². The molecule has 0 aliphatic carbocycles. The van der Waals surface area contributed by atoms with E-state index in [2.05, 4.69) is 10.1 Å². The van der Waals surface area contributed by atoms with E-state index in [1.165, 1.54) is 10.6 Å². The number of halogens is 1. The molecule has 0 aliphatic rings. The van der Waals surface area contributed by atoms with Crippen molar-refractivity contribution in [3.8, 4) is 11.4 Å². The summed E-state index contributed by atoms with van der Waals surface area (Å²) in [5.41, 5.74) is 1.35. The van der Waals surface area contributed by atoms with Crippen LogP contribution in [0.15, 0.2) is 42.5 Å². The van der Waals surface area contributed by atoms with Crippen LogP contribution in [0.2, 0.25) is 5.02 Å². The van der Waals surface area contributed by atoms with E-state index in [0.29, 0.717) is 16.5 Å². The second kappa shape index (κ2) is 4.37. The summed E-state index contributed by atoms with van der Waals surface area (Å²) in [7, 11) is 0. The first-order chi connectivity index (χ1) is 9.15. The third-order valence-electron chi connectivity index (χ3n) is 2.68. The summed E-state index contributed by atoms with van der Waals surface area (Å²) in [6, 6.07) is 11.9. The highest BCUT2D eigenvalue weighted by Gasteiger charge is 2.12. The Hall–Kier alpha value is -2.40. The van der Waals surface area contributed by atoms with E-state index in [0.717, 1.165) is 5.56 Å². The zero-order valence-corrected chi connectivity index (χ0v) is 10.4. The van der Waals surface area contributed by atoms with Gasteiger partial charge in [-0.2, -0.15) is 0 Å². The molecule has 0 unspecified atom stereocenters. The standard InChI is InChI=1S/C13H8ClN3O2/c14-9-6-4-8(5-7-9)12-15-11-3-1-2-10(13(18)19)17(11)16-12/h1-7H,(H,18,19). The molecule has 5 nitrogen and oxygen atoms in total. The van der Waals surface area contributed by atoms with Crippen molar-refractivity contribution in [3.05, 3.63) is 53.2 Å². The van der Waals surface area contributed by atoms with Crippen LogP contribution in [0, 0.1) is 0 Å². The van der Waals surface area contributed by atoms with Crippen LogP contribution in [0.1, 0.15) is 10.5 Å². The molecule has 0 radical (unpaired) electrons. The third-order valence-corrected chi connectivity index (χ3v) is 2.93. The number of rotatable bonds is 2. The predicted molar refractivity (Wildman–Crippen MR) is 70.4 cm³/mol. The maximum absolute atomic E-state index is 11.1. The van der Waals surface area contributed by atoms with Gasteiger partial charge >= 0.3 is 5.97 Å². The first-order valence-corrected chi connectivity index (χ1v) is 5.88. The SMILES string of the molecule is O=C(O)c1cccc2nc(-c3ccc(Cl)cc3)nn12. The number of benzene rings is 1. The van der Waals surface area contributed by atoms with Crippen molar-refractivity contribution in [3.63, 3.8) is 0 Å². The van der Waals surface area contributed by atoms with E-state index in [1.54, 1.807) is 36.4 Å². The van der Waals surface area contributed by atoms with Crippen molar-refractivity contribution in [1.29, 1.82) is 0 Å². The number of fused-ring (bicyclic) bond motifs is 1. The number of hydrogen-bond acceptors (Lipinski definition) is 3. The van der Waals surface area contributed by atoms with E-state index in [9.17, 15) is 4.79 Å². The highest BCUT2D eigenvalue weighted by molar-refractivity contribution is 6.30. The molecule has 0 bridgehead atoms. The highest BCUT2D eigenvalue weighted by Crippen LogP contribution is 2.19. The summed E-state index contributed by atoms with van der Waals surface area (Å²) in [4.78, 5) is 15.4. The minimum Gasteiger partial charge on any atom is -0.477 e. The lowest BCUT2D eigenvalue weighted by molar-refractivity contribution is 0.0687. The van der Waals surface area contributed by atoms with E-state index in [4.69, 9.17) is 16.7 Å². The van der Waals surface area contributed by atoms with Gasteiger partial charge in [0.05, 0.1) is 0 Å². The summed E-state index contributed by atoms with van der Waals surface area (Å²) < 4.78 is 1.31. The smallest absolute Gasteiger partial charge is 0.354 e. The Morgan fingerprint density at radius 1 is 1.16 bits per heavy atom. The number of carboxylic acids is 1. The number of carboxylic acid groups (broad SMARTS) is 1. The zero-order valence-electron chi connectivity index (χ0n) is 9.62. The Labute approximate surface area is 113 Å². The van der Waals surface area contributed by atoms with Gasteiger partial charge in [0.15, 0.2) is 17.2 Å². The number of aromatic nitrogens is 3. The molecule has 0 spiro atoms. The molecule has 0 aliphatic heterocycles. The monoisotopic (exact) mass is 273 g/mol. The highest BCUT2D eigenvalue weighted by atomic mass is 35.5. The Morgan fingerprint density at radius 2 is 1.89 bits per heavy atom. The maximum atomic E-state index is 11.1. The number of nitrogens with zero attached hydrogens (tertiary/aromatic N) is 3. The second-order valence-electron chi connectivity index (χ2n) is 3.93. The van der Waals surface area contributed by atoms with Gasteiger partial charge < -0.3 is 5.11 Å². The Bertz CT molecular complexity index is 765. The quantitative estimate of drug-likeness (QED) is 0.779. The van der Waals surface area contributed by atoms with Crippen LogP contribution >= 0.6 is 11.6 Å². The third kappa shape index (κ3) is 2.04. The number of carbonyl (C=O) groups is 1. The summed E-state index contributed by atoms with van der Waals surface area (Å²) in [6.07, 6.45) is 0. The maximum Gasteiger partial charge on any atom is 0.354 e. The molecule has 6 heteroatoms. The van der Waals surface area contributed by atoms with E-state index >= 15 is 0 Å². The van der Waals surface area contributed by atoms with Gasteiger partial charge in [-0.3, -0.25) is 0 Å². The van der Waals surface area contributed by atoms with Crippen LogP contribution in [-0.2, 0) is 0 Å². The van der Waals surface area contributed by atoms with Crippen LogP contribution in [0.4, 0.5) is 0 Å². The number of pyridine rings is 1. The average Bonchev–Trinajstić information content (AvgIpc) is 2.82. The lowest BCUT2D eigenvalue weighted by atomic mass is 10.2. The van der Waals surface area contributed by atoms with Gasteiger partial charge in [0.2, 0.25) is 0 Å². The van der Waals surface area contributed by atoms with E-state index < -0.39 is 5.97 Å². The molecule has 3 rings (SSSR count). The van der Waals surface area contributed by atoms with Gasteiger partial charge in [0, 0.05) is 10.6 Å². The number of hydrogen-bond donors (Lipinski definition) is 1. The molecule has 2 heterocycles. The van der Waals surface area contributed by atoms with Crippen molar-refractivity contribution in [2.24, 2.45) is 0 Å². The molecule has 0 atom stereocenters. The Kier molecular flexibility index (Phi) is 2.68. The van der Waals surface area contributed by atoms with Crippen molar-refractivity contribution < 1.29 is 9.90 Å². The lowest BCUT2D eigenvalue weighted by Crippen LogP contribution is -2.05. The second-order valence-corrected chi connectivity index (χ2v) is 4.36. The molecule has 1 N–H and O–H groups in total. The van der Waals surface area contributed by atoms with Gasteiger partial charge in [0.1, 0.15) is 0 Å². The molecule has 2 aromatic heterocycles. The lowest BCUT2D eigenvalue weighted by Gasteiger charge is -1.96. The van der Waals surface area contributed by atoms with Gasteiger partial charge in [-0.25, -0.2) is 14.3 Å². The fraction of sp³-hybridized carbons (Fsp3) is 0. The molecule has 1 aromatic carbocycles. The van der Waals surface area contributed by atoms with Gasteiger partial charge in [-0.1, -0.05) is 17.7 Å². The largest absolute Gasteiger partial charge is 0.477 e. The first-order valence-electron chi connectivity index (χ1n) is 5.50. The predicted octanol–water partition coefficient (Wildman–Crippen LogP) is 2.75. The van der Waals surface area contributed by atoms with Crippen molar-refractivity contribution in [1.82, 2.24) is 14.6 Å². The van der Waals surface area contributed by atoms with Crippen LogP contribution in [0.5, 0.6) is 0 Å². The summed E-state index contributed by atoms with van der Waals surface area (Å²) in [5.74, 6) is -0.580. The van der Waals surface area contributed by atoms with Gasteiger partial charge in [-0.05, 0) is 36.4 Å². The fourth-order valence-corrected chi connectivity index (χ4v) is 1.91. The van der Waals surface area contributed by atoms with Crippen molar-refractivity contribution in [2.75, 3.05) is 0 Å². The summed E-state index contributed by atoms with van der Waals surface area (Å²) in [6.45, 7) is 0. The minimum absolute atomic E-state index is 0.0743. The van der Waals surface area contributed by atoms with Gasteiger partial charge in [0.25, 0.3) is 0 Å². The molecule has 0 fully saturated rings.